The van der Waals surface area contributed by atoms with Crippen molar-refractivity contribution in [3.05, 3.63) is 58.6 Å². The molecule has 0 bridgehead atoms. The van der Waals surface area contributed by atoms with Gasteiger partial charge in [-0.3, -0.25) is 4.79 Å². The van der Waals surface area contributed by atoms with Crippen LogP contribution in [0.2, 0.25) is 5.02 Å². The summed E-state index contributed by atoms with van der Waals surface area (Å²) in [6, 6.07) is 13.1. The van der Waals surface area contributed by atoms with Crippen LogP contribution in [0, 0.1) is 6.92 Å². The summed E-state index contributed by atoms with van der Waals surface area (Å²) in [6.07, 6.45) is 0.863. The van der Waals surface area contributed by atoms with E-state index in [4.69, 9.17) is 11.6 Å². The van der Waals surface area contributed by atoms with Crippen molar-refractivity contribution in [2.45, 2.75) is 6.92 Å². The number of halogens is 1. The number of hydrogen-bond donors (Lipinski definition) is 1. The largest absolute Gasteiger partial charge is 0.356 e. The Kier molecular flexibility index (Phi) is 3.45. The molecule has 0 saturated carbocycles. The zero-order valence-electron chi connectivity index (χ0n) is 9.41. The lowest BCUT2D eigenvalue weighted by Gasteiger charge is -2.08. The van der Waals surface area contributed by atoms with Crippen molar-refractivity contribution in [2.75, 3.05) is 5.32 Å². The van der Waals surface area contributed by atoms with Crippen LogP contribution >= 0.6 is 11.6 Å². The van der Waals surface area contributed by atoms with Crippen LogP contribution in [0.5, 0.6) is 0 Å². The number of aryl methyl sites for hydroxylation is 1. The van der Waals surface area contributed by atoms with Crippen LogP contribution in [0.25, 0.3) is 0 Å². The Bertz CT molecular complexity index is 534. The van der Waals surface area contributed by atoms with Gasteiger partial charge in [0.2, 0.25) is 0 Å². The van der Waals surface area contributed by atoms with E-state index in [0.717, 1.165) is 23.2 Å². The fourth-order valence-electron chi connectivity index (χ4n) is 1.59. The van der Waals surface area contributed by atoms with Crippen molar-refractivity contribution >= 4 is 29.3 Å². The molecule has 0 aromatic heterocycles. The lowest BCUT2D eigenvalue weighted by molar-refractivity contribution is 0.112. The zero-order chi connectivity index (χ0) is 12.3. The van der Waals surface area contributed by atoms with Gasteiger partial charge in [-0.05, 0) is 55.0 Å². The summed E-state index contributed by atoms with van der Waals surface area (Å²) in [5, 5.41) is 3.96. The second kappa shape index (κ2) is 5.02. The lowest BCUT2D eigenvalue weighted by atomic mass is 10.1. The minimum atomic E-state index is 0.711. The molecular weight excluding hydrogens is 234 g/mol. The van der Waals surface area contributed by atoms with Gasteiger partial charge in [-0.2, -0.15) is 0 Å². The molecule has 0 saturated heterocycles. The molecule has 0 aliphatic rings. The van der Waals surface area contributed by atoms with Gasteiger partial charge in [0.15, 0.2) is 0 Å². The highest BCUT2D eigenvalue weighted by molar-refractivity contribution is 6.30. The van der Waals surface area contributed by atoms with E-state index in [1.165, 1.54) is 0 Å². The molecule has 0 aliphatic carbocycles. The van der Waals surface area contributed by atoms with Crippen LogP contribution < -0.4 is 5.32 Å². The highest BCUT2D eigenvalue weighted by Gasteiger charge is 1.99. The molecule has 2 rings (SSSR count). The third kappa shape index (κ3) is 2.86. The van der Waals surface area contributed by atoms with Gasteiger partial charge >= 0.3 is 0 Å². The van der Waals surface area contributed by atoms with E-state index in [1.54, 1.807) is 6.07 Å². The topological polar surface area (TPSA) is 29.1 Å². The van der Waals surface area contributed by atoms with Gasteiger partial charge in [-0.1, -0.05) is 11.6 Å². The highest BCUT2D eigenvalue weighted by Crippen LogP contribution is 2.20. The van der Waals surface area contributed by atoms with Crippen LogP contribution in [0.4, 0.5) is 11.4 Å². The monoisotopic (exact) mass is 245 g/mol. The Hall–Kier alpha value is -1.80. The van der Waals surface area contributed by atoms with Crippen molar-refractivity contribution in [2.24, 2.45) is 0 Å². The average Bonchev–Trinajstić information content (AvgIpc) is 2.32. The normalized spacial score (nSPS) is 10.0. The van der Waals surface area contributed by atoms with Crippen molar-refractivity contribution in [1.29, 1.82) is 0 Å². The predicted molar refractivity (Wildman–Crippen MR) is 71.3 cm³/mol. The average molecular weight is 246 g/mol. The van der Waals surface area contributed by atoms with Crippen LogP contribution in [0.1, 0.15) is 15.9 Å². The first-order chi connectivity index (χ1) is 8.19. The minimum Gasteiger partial charge on any atom is -0.356 e. The molecule has 0 fully saturated rings. The highest BCUT2D eigenvalue weighted by atomic mass is 35.5. The summed E-state index contributed by atoms with van der Waals surface area (Å²) in [4.78, 5) is 10.7. The van der Waals surface area contributed by atoms with Gasteiger partial charge in [-0.15, -0.1) is 0 Å². The van der Waals surface area contributed by atoms with Crippen molar-refractivity contribution < 1.29 is 4.79 Å². The first-order valence-electron chi connectivity index (χ1n) is 5.27. The second-order valence-electron chi connectivity index (χ2n) is 3.82. The van der Waals surface area contributed by atoms with Gasteiger partial charge in [0.1, 0.15) is 6.29 Å². The molecule has 0 amide bonds. The van der Waals surface area contributed by atoms with E-state index in [2.05, 4.69) is 5.32 Å². The van der Waals surface area contributed by atoms with E-state index in [-0.39, 0.29) is 0 Å². The Labute approximate surface area is 105 Å². The molecule has 3 heteroatoms. The maximum Gasteiger partial charge on any atom is 0.150 e. The number of anilines is 2. The number of hydrogen-bond acceptors (Lipinski definition) is 2. The van der Waals surface area contributed by atoms with Crippen molar-refractivity contribution in [3.8, 4) is 0 Å². The fourth-order valence-corrected chi connectivity index (χ4v) is 1.71. The van der Waals surface area contributed by atoms with Crippen LogP contribution in [0.3, 0.4) is 0 Å². The zero-order valence-corrected chi connectivity index (χ0v) is 10.2. The van der Waals surface area contributed by atoms with Crippen LogP contribution in [-0.2, 0) is 0 Å². The quantitative estimate of drug-likeness (QED) is 0.821. The number of nitrogens with one attached hydrogen (secondary N) is 1. The molecule has 0 radical (unpaired) electrons. The van der Waals surface area contributed by atoms with E-state index >= 15 is 0 Å². The summed E-state index contributed by atoms with van der Waals surface area (Å²) in [5.74, 6) is 0. The number of aldehydes is 1. The molecule has 2 aromatic rings. The van der Waals surface area contributed by atoms with E-state index in [0.29, 0.717) is 10.6 Å². The first-order valence-corrected chi connectivity index (χ1v) is 5.65. The molecule has 2 nitrogen and oxygen atoms in total. The van der Waals surface area contributed by atoms with Crippen LogP contribution in [0.15, 0.2) is 42.5 Å². The van der Waals surface area contributed by atoms with Gasteiger partial charge in [0.25, 0.3) is 0 Å². The van der Waals surface area contributed by atoms with E-state index < -0.39 is 0 Å². The van der Waals surface area contributed by atoms with Crippen molar-refractivity contribution in [1.82, 2.24) is 0 Å². The minimum absolute atomic E-state index is 0.711. The summed E-state index contributed by atoms with van der Waals surface area (Å²) < 4.78 is 0. The third-order valence-electron chi connectivity index (χ3n) is 2.53. The summed E-state index contributed by atoms with van der Waals surface area (Å²) in [7, 11) is 0. The Balaban J connectivity index is 2.21. The Morgan fingerprint density at radius 3 is 2.29 bits per heavy atom. The van der Waals surface area contributed by atoms with Crippen LogP contribution in [-0.4, -0.2) is 6.29 Å². The fraction of sp³-hybridized carbons (Fsp3) is 0.0714. The van der Waals surface area contributed by atoms with E-state index in [9.17, 15) is 4.79 Å². The number of rotatable bonds is 3. The van der Waals surface area contributed by atoms with Gasteiger partial charge in [0, 0.05) is 22.0 Å². The molecule has 86 valence electrons. The predicted octanol–water partition coefficient (Wildman–Crippen LogP) is 4.20. The smallest absolute Gasteiger partial charge is 0.150 e. The Morgan fingerprint density at radius 2 is 1.71 bits per heavy atom. The van der Waals surface area contributed by atoms with Crippen molar-refractivity contribution in [3.63, 3.8) is 0 Å². The SMILES string of the molecule is Cc1cc(Nc2ccc(Cl)cc2)ccc1C=O. The molecule has 0 heterocycles. The number of benzene rings is 2. The standard InChI is InChI=1S/C14H12ClNO/c1-10-8-14(5-2-11(10)9-17)16-13-6-3-12(15)4-7-13/h2-9,16H,1H3. The molecule has 0 atom stereocenters. The van der Waals surface area contributed by atoms with E-state index in [1.807, 2.05) is 43.3 Å². The summed E-state index contributed by atoms with van der Waals surface area (Å²) in [5.41, 5.74) is 3.59. The number of carbonyl (C=O) groups excluding carboxylic acids is 1. The molecular formula is C14H12ClNO. The first kappa shape index (κ1) is 11.7. The van der Waals surface area contributed by atoms with Gasteiger partial charge in [-0.25, -0.2) is 0 Å². The second-order valence-corrected chi connectivity index (χ2v) is 4.26. The number of carbonyl (C=O) groups is 1. The lowest BCUT2D eigenvalue weighted by Crippen LogP contribution is -1.92. The van der Waals surface area contributed by atoms with Gasteiger partial charge in [0.05, 0.1) is 0 Å². The molecule has 0 spiro atoms. The Morgan fingerprint density at radius 1 is 1.06 bits per heavy atom. The third-order valence-corrected chi connectivity index (χ3v) is 2.78. The molecule has 0 unspecified atom stereocenters. The maximum absolute atomic E-state index is 10.7. The molecule has 17 heavy (non-hydrogen) atoms. The molecule has 0 aliphatic heterocycles. The van der Waals surface area contributed by atoms with Gasteiger partial charge < -0.3 is 5.32 Å². The summed E-state index contributed by atoms with van der Waals surface area (Å²) in [6.45, 7) is 1.91. The molecule has 2 aromatic carbocycles. The maximum atomic E-state index is 10.7. The molecule has 1 N–H and O–H groups in total. The summed E-state index contributed by atoms with van der Waals surface area (Å²) >= 11 is 5.81.